The maximum absolute atomic E-state index is 11.5. The second kappa shape index (κ2) is 5.82. The molecule has 0 atom stereocenters. The van der Waals surface area contributed by atoms with Gasteiger partial charge < -0.3 is 5.32 Å². The second-order valence-electron chi connectivity index (χ2n) is 4.04. The number of halogens is 1. The van der Waals surface area contributed by atoms with Gasteiger partial charge in [-0.3, -0.25) is 4.57 Å². The molecule has 0 saturated carbocycles. The highest BCUT2D eigenvalue weighted by molar-refractivity contribution is 9.10. The number of anilines is 1. The Hall–Kier alpha value is -1.62. The molecule has 1 heterocycles. The summed E-state index contributed by atoms with van der Waals surface area (Å²) < 4.78 is 2.66. The number of nitrogens with zero attached hydrogens (tertiary/aromatic N) is 2. The highest BCUT2D eigenvalue weighted by atomic mass is 79.9. The van der Waals surface area contributed by atoms with E-state index in [0.717, 1.165) is 15.7 Å². The molecule has 0 amide bonds. The molecule has 0 unspecified atom stereocenters. The number of benzene rings is 1. The molecule has 2 aromatic rings. The lowest BCUT2D eigenvalue weighted by atomic mass is 10.3. The summed E-state index contributed by atoms with van der Waals surface area (Å²) in [6.07, 6.45) is 3.40. The first-order chi connectivity index (χ1) is 8.65. The molecule has 5 heteroatoms. The fraction of sp³-hybridized carbons (Fsp3) is 0.231. The van der Waals surface area contributed by atoms with Gasteiger partial charge in [0.1, 0.15) is 0 Å². The van der Waals surface area contributed by atoms with Gasteiger partial charge in [0.05, 0.1) is 0 Å². The average molecular weight is 308 g/mol. The molecule has 0 aliphatic carbocycles. The summed E-state index contributed by atoms with van der Waals surface area (Å²) >= 11 is 3.39. The van der Waals surface area contributed by atoms with Crippen molar-refractivity contribution in [1.29, 1.82) is 0 Å². The molecule has 0 saturated heterocycles. The van der Waals surface area contributed by atoms with Crippen LogP contribution in [0.1, 0.15) is 5.56 Å². The van der Waals surface area contributed by atoms with E-state index >= 15 is 0 Å². The smallest absolute Gasteiger partial charge is 0.347 e. The third-order valence-electron chi connectivity index (χ3n) is 2.51. The Morgan fingerprint density at radius 2 is 2.06 bits per heavy atom. The topological polar surface area (TPSA) is 46.9 Å². The van der Waals surface area contributed by atoms with Crippen molar-refractivity contribution in [3.05, 3.63) is 57.2 Å². The van der Waals surface area contributed by atoms with Crippen LogP contribution in [0.5, 0.6) is 0 Å². The predicted octanol–water partition coefficient (Wildman–Crippen LogP) is 2.43. The first kappa shape index (κ1) is 12.8. The lowest BCUT2D eigenvalue weighted by Crippen LogP contribution is -2.25. The molecule has 0 radical (unpaired) electrons. The maximum Gasteiger partial charge on any atom is 0.347 e. The van der Waals surface area contributed by atoms with Gasteiger partial charge in [-0.05, 0) is 36.8 Å². The number of nitrogens with one attached hydrogen (secondary N) is 1. The van der Waals surface area contributed by atoms with E-state index in [1.54, 1.807) is 10.8 Å². The van der Waals surface area contributed by atoms with Gasteiger partial charge in [0.2, 0.25) is 0 Å². The molecule has 18 heavy (non-hydrogen) atoms. The van der Waals surface area contributed by atoms with Gasteiger partial charge in [0.15, 0.2) is 0 Å². The van der Waals surface area contributed by atoms with E-state index in [1.165, 1.54) is 0 Å². The number of hydrogen-bond donors (Lipinski definition) is 1. The second-order valence-corrected chi connectivity index (χ2v) is 4.96. The first-order valence-electron chi connectivity index (χ1n) is 5.68. The Morgan fingerprint density at radius 1 is 1.33 bits per heavy atom. The zero-order chi connectivity index (χ0) is 13.0. The molecule has 0 bridgehead atoms. The highest BCUT2D eigenvalue weighted by Gasteiger charge is 1.97. The molecule has 0 aliphatic heterocycles. The molecule has 0 fully saturated rings. The zero-order valence-electron chi connectivity index (χ0n) is 10.1. The number of rotatable bonds is 4. The van der Waals surface area contributed by atoms with Crippen molar-refractivity contribution >= 4 is 21.6 Å². The van der Waals surface area contributed by atoms with Gasteiger partial charge >= 0.3 is 5.69 Å². The first-order valence-corrected chi connectivity index (χ1v) is 6.47. The van der Waals surface area contributed by atoms with Crippen molar-refractivity contribution in [2.75, 3.05) is 11.9 Å². The van der Waals surface area contributed by atoms with Crippen LogP contribution in [0, 0.1) is 6.92 Å². The van der Waals surface area contributed by atoms with E-state index in [2.05, 4.69) is 26.2 Å². The molecular weight excluding hydrogens is 294 g/mol. The van der Waals surface area contributed by atoms with Crippen LogP contribution in [-0.4, -0.2) is 16.1 Å². The Bertz CT molecular complexity index is 578. The van der Waals surface area contributed by atoms with Gasteiger partial charge in [-0.1, -0.05) is 15.9 Å². The van der Waals surface area contributed by atoms with Crippen molar-refractivity contribution in [2.45, 2.75) is 13.5 Å². The standard InChI is InChI=1S/C13H14BrN3O/c1-10-8-16-13(18)17(9-10)7-6-15-12-4-2-11(14)3-5-12/h2-5,8-9,15H,6-7H2,1H3. The minimum absolute atomic E-state index is 0.210. The van der Waals surface area contributed by atoms with Gasteiger partial charge in [-0.2, -0.15) is 0 Å². The monoisotopic (exact) mass is 307 g/mol. The number of aromatic nitrogens is 2. The van der Waals surface area contributed by atoms with E-state index in [4.69, 9.17) is 0 Å². The molecule has 0 aliphatic rings. The quantitative estimate of drug-likeness (QED) is 0.943. The SMILES string of the molecule is Cc1cnc(=O)n(CCNc2ccc(Br)cc2)c1. The Labute approximate surface area is 114 Å². The van der Waals surface area contributed by atoms with Gasteiger partial charge in [-0.25, -0.2) is 9.78 Å². The molecule has 4 nitrogen and oxygen atoms in total. The van der Waals surface area contributed by atoms with Crippen molar-refractivity contribution in [3.63, 3.8) is 0 Å². The summed E-state index contributed by atoms with van der Waals surface area (Å²) in [5.74, 6) is 0. The van der Waals surface area contributed by atoms with Crippen LogP contribution in [0.2, 0.25) is 0 Å². The van der Waals surface area contributed by atoms with E-state index in [1.807, 2.05) is 37.4 Å². The highest BCUT2D eigenvalue weighted by Crippen LogP contribution is 2.13. The third-order valence-corrected chi connectivity index (χ3v) is 3.04. The Kier molecular flexibility index (Phi) is 4.15. The summed E-state index contributed by atoms with van der Waals surface area (Å²) in [5, 5.41) is 3.26. The Balaban J connectivity index is 1.94. The molecule has 94 valence electrons. The normalized spacial score (nSPS) is 10.3. The van der Waals surface area contributed by atoms with Crippen LogP contribution in [0.3, 0.4) is 0 Å². The van der Waals surface area contributed by atoms with Crippen LogP contribution >= 0.6 is 15.9 Å². The van der Waals surface area contributed by atoms with Crippen LogP contribution in [0.15, 0.2) is 45.9 Å². The molecule has 1 aromatic heterocycles. The number of hydrogen-bond acceptors (Lipinski definition) is 3. The van der Waals surface area contributed by atoms with Crippen LogP contribution in [0.25, 0.3) is 0 Å². The predicted molar refractivity (Wildman–Crippen MR) is 75.9 cm³/mol. The van der Waals surface area contributed by atoms with Gasteiger partial charge in [-0.15, -0.1) is 0 Å². The summed E-state index contributed by atoms with van der Waals surface area (Å²) in [7, 11) is 0. The largest absolute Gasteiger partial charge is 0.383 e. The van der Waals surface area contributed by atoms with Gasteiger partial charge in [0.25, 0.3) is 0 Å². The van der Waals surface area contributed by atoms with Gasteiger partial charge in [0, 0.05) is 35.6 Å². The van der Waals surface area contributed by atoms with Crippen LogP contribution < -0.4 is 11.0 Å². The molecule has 2 rings (SSSR count). The van der Waals surface area contributed by atoms with E-state index in [9.17, 15) is 4.79 Å². The fourth-order valence-electron chi connectivity index (χ4n) is 1.61. The van der Waals surface area contributed by atoms with Crippen LogP contribution in [0.4, 0.5) is 5.69 Å². The van der Waals surface area contributed by atoms with E-state index < -0.39 is 0 Å². The van der Waals surface area contributed by atoms with Crippen molar-refractivity contribution < 1.29 is 0 Å². The molecule has 1 N–H and O–H groups in total. The van der Waals surface area contributed by atoms with Crippen LogP contribution in [-0.2, 0) is 6.54 Å². The van der Waals surface area contributed by atoms with Crippen molar-refractivity contribution in [3.8, 4) is 0 Å². The fourth-order valence-corrected chi connectivity index (χ4v) is 1.88. The molecular formula is C13H14BrN3O. The minimum Gasteiger partial charge on any atom is -0.383 e. The molecule has 1 aromatic carbocycles. The summed E-state index contributed by atoms with van der Waals surface area (Å²) in [6, 6.07) is 7.92. The zero-order valence-corrected chi connectivity index (χ0v) is 11.6. The third kappa shape index (κ3) is 3.43. The lowest BCUT2D eigenvalue weighted by molar-refractivity contribution is 0.669. The van der Waals surface area contributed by atoms with E-state index in [-0.39, 0.29) is 5.69 Å². The maximum atomic E-state index is 11.5. The van der Waals surface area contributed by atoms with E-state index in [0.29, 0.717) is 13.1 Å². The molecule has 0 spiro atoms. The average Bonchev–Trinajstić information content (AvgIpc) is 2.36. The Morgan fingerprint density at radius 3 is 2.78 bits per heavy atom. The van der Waals surface area contributed by atoms with Crippen molar-refractivity contribution in [2.24, 2.45) is 0 Å². The minimum atomic E-state index is -0.210. The number of aryl methyl sites for hydroxylation is 1. The van der Waals surface area contributed by atoms with Crippen molar-refractivity contribution in [1.82, 2.24) is 9.55 Å². The summed E-state index contributed by atoms with van der Waals surface area (Å²) in [4.78, 5) is 15.3. The summed E-state index contributed by atoms with van der Waals surface area (Å²) in [6.45, 7) is 3.21. The lowest BCUT2D eigenvalue weighted by Gasteiger charge is -2.08. The summed E-state index contributed by atoms with van der Waals surface area (Å²) in [5.41, 5.74) is 1.81.